The van der Waals surface area contributed by atoms with Crippen LogP contribution in [0.25, 0.3) is 0 Å². The van der Waals surface area contributed by atoms with Crippen molar-refractivity contribution in [3.05, 3.63) is 41.0 Å². The Morgan fingerprint density at radius 3 is 2.14 bits per heavy atom. The number of nitrogens with zero attached hydrogens (tertiary/aromatic N) is 2. The molecule has 1 amide bonds. The molecule has 0 unspecified atom stereocenters. The molecule has 1 N–H and O–H groups in total. The Kier molecular flexibility index (Phi) is 5.91. The maximum absolute atomic E-state index is 13.0. The van der Waals surface area contributed by atoms with Gasteiger partial charge in [0, 0.05) is 31.9 Å². The molecule has 2 aliphatic rings. The summed E-state index contributed by atoms with van der Waals surface area (Å²) in [6.07, 6.45) is -3.58. The van der Waals surface area contributed by atoms with Gasteiger partial charge in [0.15, 0.2) is 0 Å². The number of carbonyl (C=O) groups excluding carboxylic acids is 1. The van der Waals surface area contributed by atoms with E-state index in [1.54, 1.807) is 11.0 Å². The third-order valence-corrected chi connectivity index (χ3v) is 6.03. The van der Waals surface area contributed by atoms with Crippen molar-refractivity contribution in [2.24, 2.45) is 11.8 Å². The van der Waals surface area contributed by atoms with E-state index in [2.05, 4.69) is 0 Å². The molecular weight excluding hydrogens is 385 g/mol. The molecule has 1 aromatic carbocycles. The number of aliphatic carboxylic acids is 1. The van der Waals surface area contributed by atoms with Crippen molar-refractivity contribution in [2.75, 3.05) is 31.1 Å². The van der Waals surface area contributed by atoms with Crippen LogP contribution in [-0.2, 0) is 15.8 Å². The molecule has 1 fully saturated rings. The van der Waals surface area contributed by atoms with E-state index in [-0.39, 0.29) is 5.91 Å². The highest BCUT2D eigenvalue weighted by Gasteiger charge is 2.40. The number of hydrogen-bond acceptors (Lipinski definition) is 3. The minimum absolute atomic E-state index is 0.173. The first-order chi connectivity index (χ1) is 13.6. The van der Waals surface area contributed by atoms with E-state index in [0.29, 0.717) is 44.7 Å². The summed E-state index contributed by atoms with van der Waals surface area (Å²) in [6.45, 7) is 5.37. The summed E-state index contributed by atoms with van der Waals surface area (Å²) < 4.78 is 38.8. The zero-order valence-electron chi connectivity index (χ0n) is 16.5. The van der Waals surface area contributed by atoms with Crippen molar-refractivity contribution in [3.8, 4) is 0 Å². The largest absolute Gasteiger partial charge is 0.481 e. The lowest BCUT2D eigenvalue weighted by atomic mass is 9.76. The highest BCUT2D eigenvalue weighted by atomic mass is 19.4. The lowest BCUT2D eigenvalue weighted by Gasteiger charge is -2.39. The summed E-state index contributed by atoms with van der Waals surface area (Å²) in [5.74, 6) is -2.45. The normalized spacial score (nSPS) is 23.3. The number of carbonyl (C=O) groups is 2. The monoisotopic (exact) mass is 410 g/mol. The van der Waals surface area contributed by atoms with E-state index in [0.717, 1.165) is 23.3 Å². The van der Waals surface area contributed by atoms with E-state index >= 15 is 0 Å². The average molecular weight is 410 g/mol. The molecular formula is C21H25F3N2O3. The van der Waals surface area contributed by atoms with Gasteiger partial charge in [-0.2, -0.15) is 13.2 Å². The van der Waals surface area contributed by atoms with Crippen LogP contribution in [0.3, 0.4) is 0 Å². The van der Waals surface area contributed by atoms with Crippen LogP contribution < -0.4 is 4.90 Å². The van der Waals surface area contributed by atoms with E-state index in [9.17, 15) is 27.9 Å². The first-order valence-corrected chi connectivity index (χ1v) is 9.67. The fraction of sp³-hybridized carbons (Fsp3) is 0.524. The number of carboxylic acid groups (broad SMARTS) is 1. The van der Waals surface area contributed by atoms with Crippen molar-refractivity contribution in [3.63, 3.8) is 0 Å². The van der Waals surface area contributed by atoms with Gasteiger partial charge in [-0.05, 0) is 44.9 Å². The molecule has 0 spiro atoms. The summed E-state index contributed by atoms with van der Waals surface area (Å²) in [4.78, 5) is 28.2. The number of amides is 1. The molecule has 1 heterocycles. The van der Waals surface area contributed by atoms with Gasteiger partial charge in [-0.3, -0.25) is 9.59 Å². The lowest BCUT2D eigenvalue weighted by Crippen LogP contribution is -2.52. The Morgan fingerprint density at radius 1 is 1.00 bits per heavy atom. The molecule has 1 aliphatic carbocycles. The number of benzene rings is 1. The number of anilines is 1. The molecule has 0 aromatic heterocycles. The second kappa shape index (κ2) is 8.08. The zero-order valence-corrected chi connectivity index (χ0v) is 16.5. The van der Waals surface area contributed by atoms with Crippen LogP contribution in [-0.4, -0.2) is 48.1 Å². The highest BCUT2D eigenvalue weighted by Crippen LogP contribution is 2.36. The highest BCUT2D eigenvalue weighted by molar-refractivity contribution is 5.86. The van der Waals surface area contributed by atoms with Gasteiger partial charge in [-0.15, -0.1) is 0 Å². The van der Waals surface area contributed by atoms with Crippen molar-refractivity contribution in [2.45, 2.75) is 32.9 Å². The fourth-order valence-corrected chi connectivity index (χ4v) is 4.11. The third-order valence-electron chi connectivity index (χ3n) is 6.03. The van der Waals surface area contributed by atoms with Crippen LogP contribution in [0.15, 0.2) is 35.4 Å². The Balaban J connectivity index is 1.67. The van der Waals surface area contributed by atoms with E-state index in [4.69, 9.17) is 0 Å². The van der Waals surface area contributed by atoms with Crippen LogP contribution in [0.4, 0.5) is 18.9 Å². The van der Waals surface area contributed by atoms with Crippen molar-refractivity contribution >= 4 is 17.6 Å². The molecule has 158 valence electrons. The molecule has 2 atom stereocenters. The van der Waals surface area contributed by atoms with Gasteiger partial charge in [0.05, 0.1) is 17.4 Å². The van der Waals surface area contributed by atoms with Gasteiger partial charge in [0.25, 0.3) is 0 Å². The molecule has 0 saturated carbocycles. The zero-order chi connectivity index (χ0) is 21.3. The van der Waals surface area contributed by atoms with E-state index < -0.39 is 29.5 Å². The summed E-state index contributed by atoms with van der Waals surface area (Å²) in [7, 11) is 0. The number of carboxylic acids is 1. The van der Waals surface area contributed by atoms with Gasteiger partial charge >= 0.3 is 12.1 Å². The van der Waals surface area contributed by atoms with Crippen LogP contribution in [0.1, 0.15) is 32.3 Å². The first kappa shape index (κ1) is 21.2. The number of allylic oxidation sites excluding steroid dienone is 2. The molecule has 0 bridgehead atoms. The second-order valence-corrected chi connectivity index (χ2v) is 7.88. The quantitative estimate of drug-likeness (QED) is 0.770. The first-order valence-electron chi connectivity index (χ1n) is 9.67. The molecule has 5 nitrogen and oxygen atoms in total. The Morgan fingerprint density at radius 2 is 1.59 bits per heavy atom. The molecule has 3 rings (SSSR count). The van der Waals surface area contributed by atoms with E-state index in [1.165, 1.54) is 6.07 Å². The smallest absolute Gasteiger partial charge is 0.416 e. The maximum Gasteiger partial charge on any atom is 0.416 e. The summed E-state index contributed by atoms with van der Waals surface area (Å²) in [6, 6.07) is 5.17. The number of alkyl halides is 3. The number of rotatable bonds is 3. The summed E-state index contributed by atoms with van der Waals surface area (Å²) >= 11 is 0. The molecule has 1 saturated heterocycles. The number of halogens is 3. The van der Waals surface area contributed by atoms with Crippen LogP contribution in [0, 0.1) is 11.8 Å². The summed E-state index contributed by atoms with van der Waals surface area (Å²) in [5.41, 5.74) is 1.86. The van der Waals surface area contributed by atoms with Crippen LogP contribution in [0.2, 0.25) is 0 Å². The van der Waals surface area contributed by atoms with Crippen molar-refractivity contribution < 1.29 is 27.9 Å². The van der Waals surface area contributed by atoms with Crippen molar-refractivity contribution in [1.29, 1.82) is 0 Å². The molecule has 1 aromatic rings. The minimum atomic E-state index is -4.40. The number of hydrogen-bond donors (Lipinski definition) is 1. The van der Waals surface area contributed by atoms with Crippen molar-refractivity contribution in [1.82, 2.24) is 4.90 Å². The fourth-order valence-electron chi connectivity index (χ4n) is 4.11. The Labute approximate surface area is 167 Å². The molecule has 8 heteroatoms. The Hall–Kier alpha value is -2.51. The van der Waals surface area contributed by atoms with Gasteiger partial charge in [0.2, 0.25) is 5.91 Å². The molecule has 0 radical (unpaired) electrons. The summed E-state index contributed by atoms with van der Waals surface area (Å²) in [5, 5.41) is 9.55. The van der Waals surface area contributed by atoms with Crippen LogP contribution >= 0.6 is 0 Å². The number of piperazine rings is 1. The predicted molar refractivity (Wildman–Crippen MR) is 102 cm³/mol. The van der Waals surface area contributed by atoms with Gasteiger partial charge in [0.1, 0.15) is 0 Å². The lowest BCUT2D eigenvalue weighted by molar-refractivity contribution is -0.151. The SMILES string of the molecule is CC1=C(C)C[C@@H](C(=O)N2CCN(c3cccc(C(F)(F)F)c3)CC2)[C@@H](C(=O)O)C1. The van der Waals surface area contributed by atoms with E-state index in [1.807, 2.05) is 18.7 Å². The van der Waals surface area contributed by atoms with Gasteiger partial charge in [-0.1, -0.05) is 17.2 Å². The molecule has 1 aliphatic heterocycles. The average Bonchev–Trinajstić information content (AvgIpc) is 2.68. The van der Waals surface area contributed by atoms with Gasteiger partial charge < -0.3 is 14.9 Å². The minimum Gasteiger partial charge on any atom is -0.481 e. The predicted octanol–water partition coefficient (Wildman–Crippen LogP) is 3.80. The third kappa shape index (κ3) is 4.57. The van der Waals surface area contributed by atoms with Crippen LogP contribution in [0.5, 0.6) is 0 Å². The van der Waals surface area contributed by atoms with Gasteiger partial charge in [-0.25, -0.2) is 0 Å². The molecule has 29 heavy (non-hydrogen) atoms. The Bertz CT molecular complexity index is 827. The topological polar surface area (TPSA) is 60.9 Å². The standard InChI is InChI=1S/C21H25F3N2O3/c1-13-10-17(18(20(28)29)11-14(13)2)19(27)26-8-6-25(7-9-26)16-5-3-4-15(12-16)21(22,23)24/h3-5,12,17-18H,6-11H2,1-2H3,(H,28,29)/t17-,18+/m1/s1. The maximum atomic E-state index is 13.0. The second-order valence-electron chi connectivity index (χ2n) is 7.88.